The van der Waals surface area contributed by atoms with E-state index in [4.69, 9.17) is 0 Å². The molecule has 5 nitrogen and oxygen atoms in total. The predicted molar refractivity (Wildman–Crippen MR) is 58.6 cm³/mol. The van der Waals surface area contributed by atoms with E-state index in [0.29, 0.717) is 12.1 Å². The molecule has 84 valence electrons. The molecule has 6 heteroatoms. The highest BCUT2D eigenvalue weighted by atomic mass is 32.2. The number of alkyl carbamates (subject to hydrolysis) is 1. The number of Topliss-reactive ketones (excluding diaryl/α,β-unsaturated/α-hetero) is 1. The number of carbonyl (C=O) groups excluding carboxylic acids is 2. The van der Waals surface area contributed by atoms with Crippen LogP contribution in [0, 0.1) is 0 Å². The fourth-order valence-corrected chi connectivity index (χ4v) is 1.54. The molecule has 0 aliphatic carbocycles. The summed E-state index contributed by atoms with van der Waals surface area (Å²) in [5.74, 6) is 0.725. The average molecular weight is 230 g/mol. The third kappa shape index (κ3) is 3.83. The van der Waals surface area contributed by atoms with Crippen LogP contribution in [0.15, 0.2) is 11.9 Å². The molecule has 0 radical (unpaired) electrons. The molecule has 0 bridgehead atoms. The minimum absolute atomic E-state index is 0.0885. The Balaban J connectivity index is 2.47. The number of ketones is 1. The van der Waals surface area contributed by atoms with Gasteiger partial charge in [-0.25, -0.2) is 4.79 Å². The van der Waals surface area contributed by atoms with E-state index < -0.39 is 12.1 Å². The van der Waals surface area contributed by atoms with Crippen LogP contribution in [0.2, 0.25) is 0 Å². The minimum atomic E-state index is -0.573. The van der Waals surface area contributed by atoms with Crippen molar-refractivity contribution >= 4 is 23.6 Å². The molecule has 2 N–H and O–H groups in total. The van der Waals surface area contributed by atoms with E-state index in [1.807, 2.05) is 6.26 Å². The number of hydrogen-bond acceptors (Lipinski definition) is 5. The Labute approximate surface area is 92.6 Å². The summed E-state index contributed by atoms with van der Waals surface area (Å²) in [5, 5.41) is 5.24. The number of carbonyl (C=O) groups is 2. The molecule has 1 rings (SSSR count). The van der Waals surface area contributed by atoms with Gasteiger partial charge in [-0.2, -0.15) is 11.8 Å². The van der Waals surface area contributed by atoms with Gasteiger partial charge in [-0.3, -0.25) is 4.79 Å². The molecule has 1 unspecified atom stereocenters. The predicted octanol–water partition coefficient (Wildman–Crippen LogP) is 0.478. The molecule has 0 saturated heterocycles. The van der Waals surface area contributed by atoms with E-state index in [1.165, 1.54) is 7.11 Å². The summed E-state index contributed by atoms with van der Waals surface area (Å²) in [6, 6.07) is -0.494. The first-order valence-electron chi connectivity index (χ1n) is 4.53. The zero-order valence-electron chi connectivity index (χ0n) is 8.70. The maximum atomic E-state index is 11.7. The number of thioether (sulfide) groups is 1. The van der Waals surface area contributed by atoms with E-state index in [1.54, 1.807) is 18.0 Å². The van der Waals surface area contributed by atoms with Crippen LogP contribution in [0.3, 0.4) is 0 Å². The van der Waals surface area contributed by atoms with Gasteiger partial charge in [0, 0.05) is 6.20 Å². The topological polar surface area (TPSA) is 77.3 Å². The molecule has 0 saturated carbocycles. The number of nitrogens with one attached hydrogen (secondary N) is 2. The lowest BCUT2D eigenvalue weighted by Crippen LogP contribution is -2.41. The monoisotopic (exact) mass is 230 g/mol. The molecule has 0 fully saturated rings. The number of amides is 1. The van der Waals surface area contributed by atoms with Gasteiger partial charge in [-0.05, 0) is 18.4 Å². The number of methoxy groups -OCH3 is 1. The number of rotatable bonds is 6. The summed E-state index contributed by atoms with van der Waals surface area (Å²) in [7, 11) is 1.28. The molecular weight excluding hydrogens is 216 g/mol. The fourth-order valence-electron chi connectivity index (χ4n) is 1.07. The van der Waals surface area contributed by atoms with E-state index in [-0.39, 0.29) is 5.78 Å². The maximum absolute atomic E-state index is 11.7. The highest BCUT2D eigenvalue weighted by Crippen LogP contribution is 2.10. The van der Waals surface area contributed by atoms with Crippen molar-refractivity contribution in [3.8, 4) is 0 Å². The summed E-state index contributed by atoms with van der Waals surface area (Å²) in [4.78, 5) is 22.7. The van der Waals surface area contributed by atoms with E-state index in [0.717, 1.165) is 5.75 Å². The minimum Gasteiger partial charge on any atom is -0.453 e. The third-order valence-electron chi connectivity index (χ3n) is 1.96. The Bertz CT molecular complexity index is 291. The quantitative estimate of drug-likeness (QED) is 0.694. The van der Waals surface area contributed by atoms with Gasteiger partial charge >= 0.3 is 6.09 Å². The van der Waals surface area contributed by atoms with Crippen molar-refractivity contribution < 1.29 is 14.3 Å². The average Bonchev–Trinajstić information content (AvgIpc) is 3.06. The summed E-state index contributed by atoms with van der Waals surface area (Å²) >= 11 is 1.63. The van der Waals surface area contributed by atoms with Gasteiger partial charge in [0.15, 0.2) is 0 Å². The SMILES string of the molecule is COC(=O)NC(CCSC)C(=O)C1=CN1. The van der Waals surface area contributed by atoms with Crippen LogP contribution >= 0.6 is 11.8 Å². The first-order chi connectivity index (χ1) is 7.19. The molecule has 0 aromatic carbocycles. The van der Waals surface area contributed by atoms with Gasteiger partial charge in [0.2, 0.25) is 5.78 Å². The molecule has 0 spiro atoms. The van der Waals surface area contributed by atoms with Crippen molar-refractivity contribution in [3.63, 3.8) is 0 Å². The maximum Gasteiger partial charge on any atom is 0.407 e. The van der Waals surface area contributed by atoms with Gasteiger partial charge < -0.3 is 15.4 Å². The van der Waals surface area contributed by atoms with Crippen LogP contribution in [-0.2, 0) is 9.53 Å². The number of ether oxygens (including phenoxy) is 1. The second-order valence-corrected chi connectivity index (χ2v) is 4.02. The Kier molecular flexibility index (Phi) is 4.48. The second kappa shape index (κ2) is 5.65. The lowest BCUT2D eigenvalue weighted by atomic mass is 10.1. The van der Waals surface area contributed by atoms with Crippen molar-refractivity contribution in [2.24, 2.45) is 0 Å². The highest BCUT2D eigenvalue weighted by Gasteiger charge is 2.27. The standard InChI is InChI=1S/C9H14N2O3S/c1-14-9(13)11-6(3-4-15-2)8(12)7-5-10-7/h5-6,10H,3-4H2,1-2H3,(H,11,13). The first-order valence-corrected chi connectivity index (χ1v) is 5.92. The molecule has 1 amide bonds. The van der Waals surface area contributed by atoms with Crippen LogP contribution < -0.4 is 10.6 Å². The molecule has 1 atom stereocenters. The zero-order chi connectivity index (χ0) is 11.3. The molecule has 15 heavy (non-hydrogen) atoms. The van der Waals surface area contributed by atoms with Gasteiger partial charge in [0.1, 0.15) is 5.70 Å². The Morgan fingerprint density at radius 2 is 2.33 bits per heavy atom. The van der Waals surface area contributed by atoms with Crippen molar-refractivity contribution in [3.05, 3.63) is 11.9 Å². The van der Waals surface area contributed by atoms with Crippen molar-refractivity contribution in [2.45, 2.75) is 12.5 Å². The molecule has 1 heterocycles. The summed E-state index contributed by atoms with van der Waals surface area (Å²) in [6.07, 6.45) is 3.60. The van der Waals surface area contributed by atoms with Gasteiger partial charge in [-0.1, -0.05) is 0 Å². The third-order valence-corrected chi connectivity index (χ3v) is 2.60. The number of hydrogen-bond donors (Lipinski definition) is 2. The van der Waals surface area contributed by atoms with Crippen LogP contribution in [-0.4, -0.2) is 37.0 Å². The lowest BCUT2D eigenvalue weighted by Gasteiger charge is -2.14. The normalized spacial score (nSPS) is 14.7. The van der Waals surface area contributed by atoms with Crippen molar-refractivity contribution in [1.29, 1.82) is 0 Å². The summed E-state index contributed by atoms with van der Waals surface area (Å²) in [6.45, 7) is 0. The smallest absolute Gasteiger partial charge is 0.407 e. The Hall–Kier alpha value is -1.17. The van der Waals surface area contributed by atoms with Crippen molar-refractivity contribution in [2.75, 3.05) is 19.1 Å². The molecule has 1 aliphatic rings. The van der Waals surface area contributed by atoms with Crippen LogP contribution in [0.1, 0.15) is 6.42 Å². The molecule has 0 aromatic heterocycles. The molecule has 1 aliphatic heterocycles. The second-order valence-electron chi connectivity index (χ2n) is 3.04. The van der Waals surface area contributed by atoms with Crippen molar-refractivity contribution in [1.82, 2.24) is 10.6 Å². The van der Waals surface area contributed by atoms with Crippen LogP contribution in [0.4, 0.5) is 4.79 Å². The van der Waals surface area contributed by atoms with E-state index >= 15 is 0 Å². The van der Waals surface area contributed by atoms with Crippen LogP contribution in [0.25, 0.3) is 0 Å². The molecular formula is C9H14N2O3S. The molecule has 0 aromatic rings. The summed E-state index contributed by atoms with van der Waals surface area (Å²) in [5.41, 5.74) is 0.567. The van der Waals surface area contributed by atoms with E-state index in [2.05, 4.69) is 15.4 Å². The Morgan fingerprint density at radius 3 is 2.80 bits per heavy atom. The lowest BCUT2D eigenvalue weighted by molar-refractivity contribution is -0.117. The van der Waals surface area contributed by atoms with E-state index in [9.17, 15) is 9.59 Å². The van der Waals surface area contributed by atoms with Gasteiger partial charge in [-0.15, -0.1) is 0 Å². The fraction of sp³-hybridized carbons (Fsp3) is 0.556. The van der Waals surface area contributed by atoms with Gasteiger partial charge in [0.25, 0.3) is 0 Å². The van der Waals surface area contributed by atoms with Crippen LogP contribution in [0.5, 0.6) is 0 Å². The highest BCUT2D eigenvalue weighted by molar-refractivity contribution is 7.98. The Morgan fingerprint density at radius 1 is 1.67 bits per heavy atom. The van der Waals surface area contributed by atoms with Gasteiger partial charge in [0.05, 0.1) is 13.2 Å². The zero-order valence-corrected chi connectivity index (χ0v) is 9.52. The first kappa shape index (κ1) is 11.9. The summed E-state index contributed by atoms with van der Waals surface area (Å²) < 4.78 is 4.46. The largest absolute Gasteiger partial charge is 0.453 e.